The summed E-state index contributed by atoms with van der Waals surface area (Å²) < 4.78 is 56.9. The highest BCUT2D eigenvalue weighted by Crippen LogP contribution is 2.51. The van der Waals surface area contributed by atoms with Gasteiger partial charge in [-0.25, -0.2) is 4.79 Å². The van der Waals surface area contributed by atoms with Crippen molar-refractivity contribution < 1.29 is 31.8 Å². The number of allylic oxidation sites excluding steroid dienone is 1. The summed E-state index contributed by atoms with van der Waals surface area (Å²) in [7, 11) is 0. The van der Waals surface area contributed by atoms with E-state index in [-0.39, 0.29) is 0 Å². The summed E-state index contributed by atoms with van der Waals surface area (Å²) in [5, 5.41) is 0. The van der Waals surface area contributed by atoms with Crippen molar-refractivity contribution in [3.63, 3.8) is 0 Å². The molecule has 1 aliphatic heterocycles. The van der Waals surface area contributed by atoms with E-state index in [1.54, 1.807) is 0 Å². The molecule has 0 aromatic carbocycles. The van der Waals surface area contributed by atoms with Crippen molar-refractivity contribution in [3.05, 3.63) is 12.2 Å². The number of esters is 1. The largest absolute Gasteiger partial charge is 0.462 e. The van der Waals surface area contributed by atoms with Crippen LogP contribution in [-0.4, -0.2) is 24.8 Å². The topological polar surface area (TPSA) is 35.5 Å². The SMILES string of the molecule is CC=CC(=O)OCC1C(F)(F)OC1(F)F. The molecule has 3 nitrogen and oxygen atoms in total. The second-order valence-electron chi connectivity index (χ2n) is 2.91. The first-order valence-corrected chi connectivity index (χ1v) is 4.05. The number of carbonyl (C=O) groups excluding carboxylic acids is 1. The van der Waals surface area contributed by atoms with Gasteiger partial charge in [0.2, 0.25) is 0 Å². The Morgan fingerprint density at radius 2 is 1.93 bits per heavy atom. The Bertz CT molecular complexity index is 274. The standard InChI is InChI=1S/C8H8F4O3/c1-2-3-6(13)14-4-5-7(9,10)15-8(5,11)12/h2-3,5H,4H2,1H3. The van der Waals surface area contributed by atoms with E-state index in [4.69, 9.17) is 0 Å². The van der Waals surface area contributed by atoms with Crippen molar-refractivity contribution in [1.82, 2.24) is 0 Å². The van der Waals surface area contributed by atoms with E-state index in [9.17, 15) is 22.4 Å². The van der Waals surface area contributed by atoms with Gasteiger partial charge in [-0.15, -0.1) is 0 Å². The van der Waals surface area contributed by atoms with E-state index >= 15 is 0 Å². The van der Waals surface area contributed by atoms with Gasteiger partial charge in [-0.1, -0.05) is 6.08 Å². The van der Waals surface area contributed by atoms with Gasteiger partial charge in [0.15, 0.2) is 5.92 Å². The van der Waals surface area contributed by atoms with Crippen molar-refractivity contribution in [2.75, 3.05) is 6.61 Å². The number of rotatable bonds is 3. The normalized spacial score (nSPS) is 23.8. The second-order valence-corrected chi connectivity index (χ2v) is 2.91. The minimum atomic E-state index is -3.94. The maximum absolute atomic E-state index is 12.4. The number of hydrogen-bond acceptors (Lipinski definition) is 3. The smallest absolute Gasteiger partial charge is 0.374 e. The van der Waals surface area contributed by atoms with E-state index in [1.165, 1.54) is 13.0 Å². The van der Waals surface area contributed by atoms with E-state index in [2.05, 4.69) is 9.47 Å². The van der Waals surface area contributed by atoms with Crippen LogP contribution in [0.1, 0.15) is 6.92 Å². The maximum Gasteiger partial charge on any atom is 0.374 e. The summed E-state index contributed by atoms with van der Waals surface area (Å²) in [5.41, 5.74) is 0. The van der Waals surface area contributed by atoms with Gasteiger partial charge in [0, 0.05) is 6.08 Å². The molecule has 0 N–H and O–H groups in total. The molecule has 1 rings (SSSR count). The monoisotopic (exact) mass is 228 g/mol. The number of carbonyl (C=O) groups is 1. The van der Waals surface area contributed by atoms with Crippen molar-refractivity contribution >= 4 is 5.97 Å². The van der Waals surface area contributed by atoms with Crippen LogP contribution in [0.25, 0.3) is 0 Å². The summed E-state index contributed by atoms with van der Waals surface area (Å²) in [4.78, 5) is 10.7. The molecule has 1 saturated heterocycles. The Morgan fingerprint density at radius 1 is 1.40 bits per heavy atom. The van der Waals surface area contributed by atoms with Gasteiger partial charge < -0.3 is 4.74 Å². The molecule has 0 bridgehead atoms. The van der Waals surface area contributed by atoms with Crippen LogP contribution in [0.3, 0.4) is 0 Å². The van der Waals surface area contributed by atoms with E-state index < -0.39 is 30.7 Å². The predicted molar refractivity (Wildman–Crippen MR) is 40.2 cm³/mol. The molecule has 86 valence electrons. The molecule has 0 saturated carbocycles. The van der Waals surface area contributed by atoms with E-state index in [0.29, 0.717) is 0 Å². The molecule has 0 radical (unpaired) electrons. The third-order valence-electron chi connectivity index (χ3n) is 1.78. The minimum absolute atomic E-state index is 0.940. The lowest BCUT2D eigenvalue weighted by Gasteiger charge is -2.42. The summed E-state index contributed by atoms with van der Waals surface area (Å²) in [6, 6.07) is 0. The van der Waals surface area contributed by atoms with Crippen LogP contribution in [0, 0.1) is 5.92 Å². The molecular weight excluding hydrogens is 220 g/mol. The Kier molecular flexibility index (Phi) is 3.03. The third kappa shape index (κ3) is 2.47. The van der Waals surface area contributed by atoms with Crippen molar-refractivity contribution in [2.45, 2.75) is 19.1 Å². The molecule has 1 fully saturated rings. The fourth-order valence-corrected chi connectivity index (χ4v) is 1.00. The molecule has 0 amide bonds. The van der Waals surface area contributed by atoms with Crippen LogP contribution in [0.15, 0.2) is 12.2 Å². The second kappa shape index (κ2) is 3.80. The number of halogens is 4. The van der Waals surface area contributed by atoms with Crippen LogP contribution in [0.5, 0.6) is 0 Å². The average Bonchev–Trinajstić information content (AvgIpc) is 2.00. The molecule has 0 aliphatic carbocycles. The first kappa shape index (κ1) is 12.0. The summed E-state index contributed by atoms with van der Waals surface area (Å²) in [5.74, 6) is -3.37. The van der Waals surface area contributed by atoms with Gasteiger partial charge >= 0.3 is 18.2 Å². The summed E-state index contributed by atoms with van der Waals surface area (Å²) >= 11 is 0. The molecule has 0 unspecified atom stereocenters. The third-order valence-corrected chi connectivity index (χ3v) is 1.78. The molecule has 7 heteroatoms. The molecule has 0 aromatic heterocycles. The van der Waals surface area contributed by atoms with Gasteiger partial charge in [-0.3, -0.25) is 4.74 Å². The molecular formula is C8H8F4O3. The highest BCUT2D eigenvalue weighted by Gasteiger charge is 2.71. The van der Waals surface area contributed by atoms with Gasteiger partial charge in [0.25, 0.3) is 0 Å². The predicted octanol–water partition coefficient (Wildman–Crippen LogP) is 1.94. The lowest BCUT2D eigenvalue weighted by molar-refractivity contribution is -0.519. The maximum atomic E-state index is 12.4. The molecule has 0 aromatic rings. The van der Waals surface area contributed by atoms with Gasteiger partial charge in [0.1, 0.15) is 6.61 Å². The van der Waals surface area contributed by atoms with Crippen LogP contribution in [0.2, 0.25) is 0 Å². The van der Waals surface area contributed by atoms with Gasteiger partial charge in [0.05, 0.1) is 0 Å². The minimum Gasteiger partial charge on any atom is -0.462 e. The number of hydrogen-bond donors (Lipinski definition) is 0. The Morgan fingerprint density at radius 3 is 2.33 bits per heavy atom. The Hall–Kier alpha value is -1.11. The Labute approximate surface area is 82.6 Å². The van der Waals surface area contributed by atoms with E-state index in [0.717, 1.165) is 6.08 Å². The number of alkyl halides is 4. The number of ether oxygens (including phenoxy) is 2. The molecule has 1 heterocycles. The fourth-order valence-electron chi connectivity index (χ4n) is 1.00. The van der Waals surface area contributed by atoms with Crippen LogP contribution in [0.4, 0.5) is 17.6 Å². The molecule has 0 atom stereocenters. The highest BCUT2D eigenvalue weighted by molar-refractivity contribution is 5.81. The summed E-state index contributed by atoms with van der Waals surface area (Å²) in [6.07, 6.45) is -5.65. The highest BCUT2D eigenvalue weighted by atomic mass is 19.3. The lowest BCUT2D eigenvalue weighted by atomic mass is 10.0. The zero-order chi connectivity index (χ0) is 11.7. The van der Waals surface area contributed by atoms with Crippen molar-refractivity contribution in [1.29, 1.82) is 0 Å². The zero-order valence-electron chi connectivity index (χ0n) is 7.68. The lowest BCUT2D eigenvalue weighted by Crippen LogP contribution is -2.61. The molecule has 1 aliphatic rings. The van der Waals surface area contributed by atoms with Crippen LogP contribution in [-0.2, 0) is 14.3 Å². The molecule has 0 spiro atoms. The quantitative estimate of drug-likeness (QED) is 0.420. The van der Waals surface area contributed by atoms with Crippen LogP contribution >= 0.6 is 0 Å². The zero-order valence-corrected chi connectivity index (χ0v) is 7.68. The van der Waals surface area contributed by atoms with Crippen LogP contribution < -0.4 is 0 Å². The molecule has 15 heavy (non-hydrogen) atoms. The fraction of sp³-hybridized carbons (Fsp3) is 0.625. The van der Waals surface area contributed by atoms with Gasteiger partial charge in [-0.05, 0) is 6.92 Å². The first-order chi connectivity index (χ1) is 6.79. The van der Waals surface area contributed by atoms with Gasteiger partial charge in [-0.2, -0.15) is 17.6 Å². The van der Waals surface area contributed by atoms with Crippen molar-refractivity contribution in [3.8, 4) is 0 Å². The van der Waals surface area contributed by atoms with E-state index in [1.807, 2.05) is 0 Å². The Balaban J connectivity index is 2.48. The average molecular weight is 228 g/mol. The summed E-state index contributed by atoms with van der Waals surface area (Å²) in [6.45, 7) is 0.417. The van der Waals surface area contributed by atoms with Crippen molar-refractivity contribution in [2.24, 2.45) is 5.92 Å². The first-order valence-electron chi connectivity index (χ1n) is 4.05.